The molecule has 0 aliphatic rings. The van der Waals surface area contributed by atoms with Gasteiger partial charge in [-0.3, -0.25) is 19.1 Å². The lowest BCUT2D eigenvalue weighted by Gasteiger charge is -2.02. The second kappa shape index (κ2) is 6.20. The zero-order valence-corrected chi connectivity index (χ0v) is 9.98. The number of carboxylic acids is 1. The lowest BCUT2D eigenvalue weighted by Crippen LogP contribution is -2.07. The fourth-order valence-electron chi connectivity index (χ4n) is 1.28. The van der Waals surface area contributed by atoms with E-state index in [0.29, 0.717) is 0 Å². The van der Waals surface area contributed by atoms with Crippen LogP contribution in [0.2, 0.25) is 0 Å². The lowest BCUT2D eigenvalue weighted by molar-refractivity contribution is -0.385. The van der Waals surface area contributed by atoms with Gasteiger partial charge in [0.15, 0.2) is 0 Å². The van der Waals surface area contributed by atoms with E-state index in [9.17, 15) is 23.5 Å². The summed E-state index contributed by atoms with van der Waals surface area (Å²) in [5, 5.41) is 18.9. The number of carbonyl (C=O) groups is 1. The Labute approximate surface area is 104 Å². The van der Waals surface area contributed by atoms with E-state index in [2.05, 4.69) is 0 Å². The molecule has 1 N–H and O–H groups in total. The van der Waals surface area contributed by atoms with Gasteiger partial charge in [-0.2, -0.15) is 0 Å². The lowest BCUT2D eigenvalue weighted by atomic mass is 10.2. The van der Waals surface area contributed by atoms with Crippen LogP contribution in [0.1, 0.15) is 12.0 Å². The highest BCUT2D eigenvalue weighted by Gasteiger charge is 2.12. The van der Waals surface area contributed by atoms with Crippen molar-refractivity contribution in [3.63, 3.8) is 0 Å². The van der Waals surface area contributed by atoms with Crippen molar-refractivity contribution in [1.82, 2.24) is 0 Å². The molecule has 6 nitrogen and oxygen atoms in total. The van der Waals surface area contributed by atoms with E-state index >= 15 is 0 Å². The predicted octanol–water partition coefficient (Wildman–Crippen LogP) is 1.46. The van der Waals surface area contributed by atoms with Gasteiger partial charge in [-0.15, -0.1) is 0 Å². The summed E-state index contributed by atoms with van der Waals surface area (Å²) in [6.45, 7) is 0. The quantitative estimate of drug-likeness (QED) is 0.626. The normalized spacial score (nSPS) is 12.1. The first-order valence-corrected chi connectivity index (χ1v) is 6.38. The fraction of sp³-hybridized carbons (Fsp3) is 0.300. The smallest absolute Gasteiger partial charge is 0.304 e. The Morgan fingerprint density at radius 2 is 2.11 bits per heavy atom. The third-order valence-corrected chi connectivity index (χ3v) is 3.34. The molecule has 8 heteroatoms. The Morgan fingerprint density at radius 1 is 1.44 bits per heavy atom. The van der Waals surface area contributed by atoms with Crippen LogP contribution in [-0.4, -0.2) is 26.0 Å². The van der Waals surface area contributed by atoms with Crippen LogP contribution in [0.15, 0.2) is 18.2 Å². The van der Waals surface area contributed by atoms with Crippen LogP contribution < -0.4 is 0 Å². The molecule has 0 saturated heterocycles. The van der Waals surface area contributed by atoms with E-state index < -0.39 is 33.2 Å². The van der Waals surface area contributed by atoms with Crippen LogP contribution >= 0.6 is 0 Å². The third-order valence-electron chi connectivity index (χ3n) is 2.02. The Hall–Kier alpha value is -1.83. The molecule has 98 valence electrons. The topological polar surface area (TPSA) is 97.5 Å². The number of hydrogen-bond donors (Lipinski definition) is 1. The molecule has 0 heterocycles. The van der Waals surface area contributed by atoms with Crippen molar-refractivity contribution in [2.24, 2.45) is 0 Å². The minimum absolute atomic E-state index is 0.0698. The van der Waals surface area contributed by atoms with E-state index in [0.717, 1.165) is 18.2 Å². The molecule has 0 amide bonds. The van der Waals surface area contributed by atoms with Gasteiger partial charge in [0, 0.05) is 28.4 Å². The molecule has 1 aromatic rings. The molecule has 1 atom stereocenters. The molecule has 0 saturated carbocycles. The summed E-state index contributed by atoms with van der Waals surface area (Å²) in [5.74, 6) is -2.03. The average molecular weight is 275 g/mol. The second-order valence-electron chi connectivity index (χ2n) is 3.51. The maximum Gasteiger partial charge on any atom is 0.304 e. The third kappa shape index (κ3) is 4.58. The maximum atomic E-state index is 13.1. The summed E-state index contributed by atoms with van der Waals surface area (Å²) in [4.78, 5) is 20.0. The fourth-order valence-corrected chi connectivity index (χ4v) is 2.37. The number of nitrogens with zero attached hydrogens (tertiary/aromatic N) is 1. The van der Waals surface area contributed by atoms with Crippen LogP contribution in [0, 0.1) is 15.9 Å². The number of benzene rings is 1. The Bertz CT molecular complexity index is 505. The highest BCUT2D eigenvalue weighted by Crippen LogP contribution is 2.17. The largest absolute Gasteiger partial charge is 0.481 e. The average Bonchev–Trinajstić information content (AvgIpc) is 2.25. The second-order valence-corrected chi connectivity index (χ2v) is 5.08. The van der Waals surface area contributed by atoms with Crippen molar-refractivity contribution in [1.29, 1.82) is 0 Å². The van der Waals surface area contributed by atoms with Crippen molar-refractivity contribution in [2.45, 2.75) is 12.2 Å². The molecule has 0 aliphatic heterocycles. The summed E-state index contributed by atoms with van der Waals surface area (Å²) < 4.78 is 24.5. The summed E-state index contributed by atoms with van der Waals surface area (Å²) in [6, 6.07) is 2.94. The summed E-state index contributed by atoms with van der Waals surface area (Å²) in [5.41, 5.74) is -0.203. The number of nitro benzene ring substituents is 1. The van der Waals surface area contributed by atoms with Crippen molar-refractivity contribution in [3.05, 3.63) is 39.7 Å². The van der Waals surface area contributed by atoms with E-state index in [1.165, 1.54) is 0 Å². The van der Waals surface area contributed by atoms with Crippen LogP contribution in [-0.2, 0) is 21.3 Å². The number of halogens is 1. The highest BCUT2D eigenvalue weighted by atomic mass is 32.2. The zero-order valence-electron chi connectivity index (χ0n) is 9.17. The number of non-ortho nitro benzene ring substituents is 1. The number of rotatable bonds is 6. The van der Waals surface area contributed by atoms with Gasteiger partial charge in [-0.25, -0.2) is 4.39 Å². The van der Waals surface area contributed by atoms with Gasteiger partial charge in [0.25, 0.3) is 5.69 Å². The van der Waals surface area contributed by atoms with E-state index in [4.69, 9.17) is 5.11 Å². The minimum atomic E-state index is -1.49. The summed E-state index contributed by atoms with van der Waals surface area (Å²) in [6.07, 6.45) is -0.260. The zero-order chi connectivity index (χ0) is 13.7. The number of aliphatic carboxylic acids is 1. The first kappa shape index (κ1) is 14.2. The first-order chi connectivity index (χ1) is 8.38. The molecule has 18 heavy (non-hydrogen) atoms. The first-order valence-electron chi connectivity index (χ1n) is 4.89. The molecule has 0 fully saturated rings. The standard InChI is InChI=1S/C10H10FNO5S/c11-8-3-7(4-9(5-8)12(15)16)6-18(17)2-1-10(13)14/h3-5H,1-2,6H2,(H,13,14). The van der Waals surface area contributed by atoms with Crippen LogP contribution in [0.25, 0.3) is 0 Å². The molecular formula is C10H10FNO5S. The van der Waals surface area contributed by atoms with Gasteiger partial charge >= 0.3 is 5.97 Å². The van der Waals surface area contributed by atoms with Crippen molar-refractivity contribution >= 4 is 22.5 Å². The minimum Gasteiger partial charge on any atom is -0.481 e. The van der Waals surface area contributed by atoms with Gasteiger partial charge in [0.1, 0.15) is 5.82 Å². The molecule has 0 spiro atoms. The molecule has 1 aromatic carbocycles. The van der Waals surface area contributed by atoms with Crippen molar-refractivity contribution in [2.75, 3.05) is 5.75 Å². The molecule has 0 aliphatic carbocycles. The Balaban J connectivity index is 2.75. The molecule has 0 radical (unpaired) electrons. The number of nitro groups is 1. The molecule has 1 rings (SSSR count). The Kier molecular flexibility index (Phi) is 4.90. The van der Waals surface area contributed by atoms with Gasteiger partial charge in [0.05, 0.1) is 17.4 Å². The van der Waals surface area contributed by atoms with Crippen LogP contribution in [0.5, 0.6) is 0 Å². The van der Waals surface area contributed by atoms with Crippen molar-refractivity contribution < 1.29 is 23.4 Å². The maximum absolute atomic E-state index is 13.1. The summed E-state index contributed by atoms with van der Waals surface area (Å²) in [7, 11) is -1.49. The van der Waals surface area contributed by atoms with E-state index in [1.54, 1.807) is 0 Å². The van der Waals surface area contributed by atoms with Crippen molar-refractivity contribution in [3.8, 4) is 0 Å². The Morgan fingerprint density at radius 3 is 2.67 bits per heavy atom. The van der Waals surface area contributed by atoms with E-state index in [-0.39, 0.29) is 23.5 Å². The number of hydrogen-bond acceptors (Lipinski definition) is 4. The SMILES string of the molecule is O=C(O)CCS(=O)Cc1cc(F)cc([N+](=O)[O-])c1. The molecule has 1 unspecified atom stereocenters. The molecule has 0 aromatic heterocycles. The van der Waals surface area contributed by atoms with Gasteiger partial charge in [0.2, 0.25) is 0 Å². The number of carboxylic acid groups (broad SMARTS) is 1. The van der Waals surface area contributed by atoms with Crippen LogP contribution in [0.4, 0.5) is 10.1 Å². The summed E-state index contributed by atoms with van der Waals surface area (Å²) >= 11 is 0. The van der Waals surface area contributed by atoms with Gasteiger partial charge < -0.3 is 5.11 Å². The molecule has 0 bridgehead atoms. The van der Waals surface area contributed by atoms with Gasteiger partial charge in [-0.1, -0.05) is 0 Å². The molecular weight excluding hydrogens is 265 g/mol. The van der Waals surface area contributed by atoms with E-state index in [1.807, 2.05) is 0 Å². The van der Waals surface area contributed by atoms with Crippen LogP contribution in [0.3, 0.4) is 0 Å². The monoisotopic (exact) mass is 275 g/mol. The highest BCUT2D eigenvalue weighted by molar-refractivity contribution is 7.84. The van der Waals surface area contributed by atoms with Gasteiger partial charge in [-0.05, 0) is 11.6 Å². The predicted molar refractivity (Wildman–Crippen MR) is 62.0 cm³/mol.